The normalized spacial score (nSPS) is 16.5. The van der Waals surface area contributed by atoms with Crippen LogP contribution < -0.4 is 20.1 Å². The molecule has 5 nitrogen and oxygen atoms in total. The molecule has 2 aromatic rings. The average Bonchev–Trinajstić information content (AvgIpc) is 2.53. The minimum absolute atomic E-state index is 0.222. The molecule has 0 saturated heterocycles. The zero-order chi connectivity index (χ0) is 14.8. The van der Waals surface area contributed by atoms with Crippen LogP contribution in [-0.2, 0) is 0 Å². The molecule has 0 radical (unpaired) electrons. The Morgan fingerprint density at radius 1 is 1.00 bits per heavy atom. The summed E-state index contributed by atoms with van der Waals surface area (Å²) in [7, 11) is 3.21. The molecule has 0 aliphatic carbocycles. The topological polar surface area (TPSA) is 59.6 Å². The maximum absolute atomic E-state index is 11.8. The molecule has 2 amide bonds. The van der Waals surface area contributed by atoms with Crippen LogP contribution >= 0.6 is 0 Å². The van der Waals surface area contributed by atoms with Gasteiger partial charge in [0.05, 0.1) is 20.3 Å². The van der Waals surface area contributed by atoms with Crippen LogP contribution in [0.3, 0.4) is 0 Å². The van der Waals surface area contributed by atoms with E-state index in [1.165, 1.54) is 0 Å². The monoisotopic (exact) mass is 284 g/mol. The number of benzene rings is 2. The molecule has 1 heterocycles. The van der Waals surface area contributed by atoms with Crippen LogP contribution in [0.15, 0.2) is 42.5 Å². The Morgan fingerprint density at radius 2 is 1.67 bits per heavy atom. The molecule has 0 fully saturated rings. The SMILES string of the molecule is COc1cc(OC)cc(C2NC(=O)Nc3ccccc32)c1. The smallest absolute Gasteiger partial charge is 0.320 e. The molecule has 0 spiro atoms. The van der Waals surface area contributed by atoms with Gasteiger partial charge in [0.1, 0.15) is 11.5 Å². The standard InChI is InChI=1S/C16H16N2O3/c1-20-11-7-10(8-12(9-11)21-2)15-13-5-3-4-6-14(13)17-16(19)18-15/h3-9,15H,1-2H3,(H2,17,18,19). The molecule has 1 unspecified atom stereocenters. The molecule has 5 heteroatoms. The number of hydrogen-bond donors (Lipinski definition) is 2. The zero-order valence-electron chi connectivity index (χ0n) is 11.8. The quantitative estimate of drug-likeness (QED) is 0.911. The van der Waals surface area contributed by atoms with Gasteiger partial charge in [-0.1, -0.05) is 18.2 Å². The number of anilines is 1. The lowest BCUT2D eigenvalue weighted by atomic mass is 9.95. The highest BCUT2D eigenvalue weighted by Gasteiger charge is 2.25. The predicted molar refractivity (Wildman–Crippen MR) is 80.0 cm³/mol. The van der Waals surface area contributed by atoms with Crippen molar-refractivity contribution in [2.75, 3.05) is 19.5 Å². The largest absolute Gasteiger partial charge is 0.497 e. The fourth-order valence-corrected chi connectivity index (χ4v) is 2.49. The highest BCUT2D eigenvalue weighted by Crippen LogP contribution is 2.35. The van der Waals surface area contributed by atoms with E-state index >= 15 is 0 Å². The molecule has 1 atom stereocenters. The second-order valence-electron chi connectivity index (χ2n) is 4.76. The molecule has 108 valence electrons. The second kappa shape index (κ2) is 5.36. The van der Waals surface area contributed by atoms with Crippen molar-refractivity contribution in [2.45, 2.75) is 6.04 Å². The minimum atomic E-state index is -0.237. The molecular formula is C16H16N2O3. The fraction of sp³-hybridized carbons (Fsp3) is 0.188. The van der Waals surface area contributed by atoms with Gasteiger partial charge < -0.3 is 20.1 Å². The third-order valence-electron chi connectivity index (χ3n) is 3.50. The highest BCUT2D eigenvalue weighted by atomic mass is 16.5. The first-order chi connectivity index (χ1) is 10.2. The van der Waals surface area contributed by atoms with E-state index in [2.05, 4.69) is 10.6 Å². The Bertz CT molecular complexity index is 663. The number of carbonyl (C=O) groups excluding carboxylic acids is 1. The summed E-state index contributed by atoms with van der Waals surface area (Å²) in [6, 6.07) is 12.9. The number of methoxy groups -OCH3 is 2. The van der Waals surface area contributed by atoms with E-state index in [1.807, 2.05) is 36.4 Å². The lowest BCUT2D eigenvalue weighted by Gasteiger charge is -2.28. The van der Waals surface area contributed by atoms with Crippen LogP contribution in [0.4, 0.5) is 10.5 Å². The van der Waals surface area contributed by atoms with Crippen molar-refractivity contribution in [1.29, 1.82) is 0 Å². The zero-order valence-corrected chi connectivity index (χ0v) is 11.8. The molecule has 0 saturated carbocycles. The minimum Gasteiger partial charge on any atom is -0.497 e. The summed E-state index contributed by atoms with van der Waals surface area (Å²) < 4.78 is 10.6. The summed E-state index contributed by atoms with van der Waals surface area (Å²) >= 11 is 0. The molecule has 1 aliphatic heterocycles. The van der Waals surface area contributed by atoms with Crippen LogP contribution in [0.5, 0.6) is 11.5 Å². The number of nitrogens with one attached hydrogen (secondary N) is 2. The average molecular weight is 284 g/mol. The van der Waals surface area contributed by atoms with Crippen LogP contribution in [0.1, 0.15) is 17.2 Å². The van der Waals surface area contributed by atoms with Crippen molar-refractivity contribution in [3.63, 3.8) is 0 Å². The second-order valence-corrected chi connectivity index (χ2v) is 4.76. The lowest BCUT2D eigenvalue weighted by Crippen LogP contribution is -2.38. The number of fused-ring (bicyclic) bond motifs is 1. The Balaban J connectivity index is 2.10. The first-order valence-corrected chi connectivity index (χ1v) is 6.60. The van der Waals surface area contributed by atoms with Crippen LogP contribution in [-0.4, -0.2) is 20.3 Å². The van der Waals surface area contributed by atoms with Gasteiger partial charge in [0.2, 0.25) is 0 Å². The van der Waals surface area contributed by atoms with E-state index in [1.54, 1.807) is 20.3 Å². The Labute approximate surface area is 122 Å². The summed E-state index contributed by atoms with van der Waals surface area (Å²) in [6.07, 6.45) is 0. The Kier molecular flexibility index (Phi) is 3.39. The van der Waals surface area contributed by atoms with Crippen molar-refractivity contribution in [3.05, 3.63) is 53.6 Å². The Morgan fingerprint density at radius 3 is 2.33 bits per heavy atom. The highest BCUT2D eigenvalue weighted by molar-refractivity contribution is 5.93. The van der Waals surface area contributed by atoms with Crippen LogP contribution in [0, 0.1) is 0 Å². The summed E-state index contributed by atoms with van der Waals surface area (Å²) in [5.74, 6) is 1.38. The van der Waals surface area contributed by atoms with E-state index in [0.29, 0.717) is 11.5 Å². The van der Waals surface area contributed by atoms with Crippen molar-refractivity contribution >= 4 is 11.7 Å². The first kappa shape index (κ1) is 13.3. The number of para-hydroxylation sites is 1. The number of ether oxygens (including phenoxy) is 2. The van der Waals surface area contributed by atoms with Crippen molar-refractivity contribution in [3.8, 4) is 11.5 Å². The van der Waals surface area contributed by atoms with E-state index in [4.69, 9.17) is 9.47 Å². The van der Waals surface area contributed by atoms with Crippen LogP contribution in [0.25, 0.3) is 0 Å². The maximum Gasteiger partial charge on any atom is 0.320 e. The van der Waals surface area contributed by atoms with Gasteiger partial charge in [-0.3, -0.25) is 0 Å². The number of rotatable bonds is 3. The fourth-order valence-electron chi connectivity index (χ4n) is 2.49. The van der Waals surface area contributed by atoms with Gasteiger partial charge in [-0.25, -0.2) is 4.79 Å². The predicted octanol–water partition coefficient (Wildman–Crippen LogP) is 2.93. The third-order valence-corrected chi connectivity index (χ3v) is 3.50. The van der Waals surface area contributed by atoms with Gasteiger partial charge in [-0.05, 0) is 23.8 Å². The van der Waals surface area contributed by atoms with Crippen molar-refractivity contribution < 1.29 is 14.3 Å². The molecule has 3 rings (SSSR count). The molecule has 0 bridgehead atoms. The molecule has 2 aromatic carbocycles. The summed E-state index contributed by atoms with van der Waals surface area (Å²) in [4.78, 5) is 11.8. The van der Waals surface area contributed by atoms with Gasteiger partial charge >= 0.3 is 6.03 Å². The van der Waals surface area contributed by atoms with Gasteiger partial charge in [0, 0.05) is 17.3 Å². The number of hydrogen-bond acceptors (Lipinski definition) is 3. The van der Waals surface area contributed by atoms with Gasteiger partial charge in [-0.15, -0.1) is 0 Å². The summed E-state index contributed by atoms with van der Waals surface area (Å²) in [6.45, 7) is 0. The Hall–Kier alpha value is -2.69. The van der Waals surface area contributed by atoms with Crippen molar-refractivity contribution in [2.24, 2.45) is 0 Å². The van der Waals surface area contributed by atoms with Crippen LogP contribution in [0.2, 0.25) is 0 Å². The number of carbonyl (C=O) groups is 1. The third kappa shape index (κ3) is 2.50. The summed E-state index contributed by atoms with van der Waals surface area (Å²) in [5, 5.41) is 5.73. The number of amides is 2. The number of urea groups is 1. The van der Waals surface area contributed by atoms with Gasteiger partial charge in [0.15, 0.2) is 0 Å². The lowest BCUT2D eigenvalue weighted by molar-refractivity contribution is 0.249. The van der Waals surface area contributed by atoms with Gasteiger partial charge in [0.25, 0.3) is 0 Å². The molecule has 2 N–H and O–H groups in total. The molecule has 21 heavy (non-hydrogen) atoms. The van der Waals surface area contributed by atoms with E-state index in [0.717, 1.165) is 16.8 Å². The summed E-state index contributed by atoms with van der Waals surface area (Å²) in [5.41, 5.74) is 2.73. The molecular weight excluding hydrogens is 268 g/mol. The molecule has 0 aromatic heterocycles. The van der Waals surface area contributed by atoms with E-state index in [9.17, 15) is 4.79 Å². The van der Waals surface area contributed by atoms with Gasteiger partial charge in [-0.2, -0.15) is 0 Å². The first-order valence-electron chi connectivity index (χ1n) is 6.60. The maximum atomic E-state index is 11.8. The van der Waals surface area contributed by atoms with E-state index < -0.39 is 0 Å². The van der Waals surface area contributed by atoms with Crippen molar-refractivity contribution in [1.82, 2.24) is 5.32 Å². The van der Waals surface area contributed by atoms with E-state index in [-0.39, 0.29) is 12.1 Å². The molecule has 1 aliphatic rings.